The minimum absolute atomic E-state index is 1.00. The predicted molar refractivity (Wildman–Crippen MR) is 57.5 cm³/mol. The molecule has 0 saturated heterocycles. The van der Waals surface area contributed by atoms with Gasteiger partial charge in [0.2, 0.25) is 0 Å². The third-order valence-corrected chi connectivity index (χ3v) is 2.65. The number of rotatable bonds is 0. The van der Waals surface area contributed by atoms with E-state index in [-0.39, 0.29) is 0 Å². The van der Waals surface area contributed by atoms with Crippen molar-refractivity contribution in [3.8, 4) is 0 Å². The van der Waals surface area contributed by atoms with Crippen LogP contribution < -0.4 is 15.8 Å². The molecule has 0 amide bonds. The van der Waals surface area contributed by atoms with Crippen LogP contribution in [0.1, 0.15) is 6.42 Å². The Hall–Kier alpha value is -1.76. The molecule has 14 heavy (non-hydrogen) atoms. The van der Waals surface area contributed by atoms with Gasteiger partial charge in [-0.3, -0.25) is 5.32 Å². The van der Waals surface area contributed by atoms with Crippen molar-refractivity contribution < 1.29 is 0 Å². The molecule has 0 atom stereocenters. The molecule has 1 nitrogen and oxygen atoms in total. The van der Waals surface area contributed by atoms with E-state index in [9.17, 15) is 0 Å². The van der Waals surface area contributed by atoms with Gasteiger partial charge in [-0.2, -0.15) is 0 Å². The molecular formula is C13H10N. The second-order valence-corrected chi connectivity index (χ2v) is 3.51. The van der Waals surface area contributed by atoms with Crippen LogP contribution in [0.2, 0.25) is 0 Å². The van der Waals surface area contributed by atoms with Gasteiger partial charge < -0.3 is 0 Å². The molecule has 0 aromatic heterocycles. The average Bonchev–Trinajstić information content (AvgIpc) is 2.29. The quantitative estimate of drug-likeness (QED) is 0.566. The number of allylic oxidation sites excluding steroid dienone is 4. The van der Waals surface area contributed by atoms with Crippen molar-refractivity contribution in [3.63, 3.8) is 0 Å². The van der Waals surface area contributed by atoms with Gasteiger partial charge in [-0.05, 0) is 23.3 Å². The average molecular weight is 180 g/mol. The molecule has 1 aromatic carbocycles. The molecule has 3 rings (SSSR count). The van der Waals surface area contributed by atoms with Crippen molar-refractivity contribution in [2.24, 2.45) is 0 Å². The maximum Gasteiger partial charge on any atom is 0.0671 e. The SMILES string of the molecule is C1=CCC2=c3ccccc3=C[N]C2=C1. The second kappa shape index (κ2) is 2.88. The van der Waals surface area contributed by atoms with Crippen molar-refractivity contribution in [2.75, 3.05) is 0 Å². The molecule has 1 aliphatic carbocycles. The normalized spacial score (nSPS) is 17.4. The molecule has 0 bridgehead atoms. The fourth-order valence-corrected chi connectivity index (χ4v) is 1.94. The Kier molecular flexibility index (Phi) is 1.57. The Morgan fingerprint density at radius 3 is 3.07 bits per heavy atom. The van der Waals surface area contributed by atoms with Crippen molar-refractivity contribution >= 4 is 11.8 Å². The Balaban J connectivity index is 2.41. The van der Waals surface area contributed by atoms with E-state index >= 15 is 0 Å². The molecule has 1 aliphatic heterocycles. The van der Waals surface area contributed by atoms with Crippen LogP contribution in [-0.2, 0) is 0 Å². The van der Waals surface area contributed by atoms with Gasteiger partial charge in [0.25, 0.3) is 0 Å². The summed E-state index contributed by atoms with van der Waals surface area (Å²) >= 11 is 0. The van der Waals surface area contributed by atoms with Crippen molar-refractivity contribution in [1.29, 1.82) is 0 Å². The molecule has 0 saturated carbocycles. The number of hydrogen-bond acceptors (Lipinski definition) is 0. The summed E-state index contributed by atoms with van der Waals surface area (Å²) in [7, 11) is 0. The molecule has 67 valence electrons. The first-order chi connectivity index (χ1) is 6.95. The summed E-state index contributed by atoms with van der Waals surface area (Å²) in [4.78, 5) is 0. The monoisotopic (exact) mass is 180 g/mol. The number of fused-ring (bicyclic) bond motifs is 2. The van der Waals surface area contributed by atoms with Crippen molar-refractivity contribution in [3.05, 3.63) is 58.6 Å². The molecule has 0 N–H and O–H groups in total. The first kappa shape index (κ1) is 7.63. The molecule has 2 aliphatic rings. The van der Waals surface area contributed by atoms with Crippen molar-refractivity contribution in [2.45, 2.75) is 6.42 Å². The zero-order valence-electron chi connectivity index (χ0n) is 7.77. The molecule has 0 fully saturated rings. The van der Waals surface area contributed by atoms with E-state index in [4.69, 9.17) is 0 Å². The van der Waals surface area contributed by atoms with Crippen LogP contribution in [-0.4, -0.2) is 0 Å². The van der Waals surface area contributed by atoms with Gasteiger partial charge in [0.1, 0.15) is 0 Å². The third kappa shape index (κ3) is 1.02. The van der Waals surface area contributed by atoms with Crippen LogP contribution in [0.3, 0.4) is 0 Å². The largest absolute Gasteiger partial charge is 0.256 e. The van der Waals surface area contributed by atoms with Gasteiger partial charge >= 0.3 is 0 Å². The fourth-order valence-electron chi connectivity index (χ4n) is 1.94. The van der Waals surface area contributed by atoms with Crippen LogP contribution in [0.15, 0.2) is 48.2 Å². The van der Waals surface area contributed by atoms with E-state index in [1.54, 1.807) is 0 Å². The predicted octanol–water partition coefficient (Wildman–Crippen LogP) is 1.04. The lowest BCUT2D eigenvalue weighted by atomic mass is 9.98. The maximum atomic E-state index is 4.44. The highest BCUT2D eigenvalue weighted by Crippen LogP contribution is 2.18. The third-order valence-electron chi connectivity index (χ3n) is 2.65. The molecule has 1 radical (unpaired) electrons. The molecular weight excluding hydrogens is 170 g/mol. The molecule has 1 heteroatoms. The standard InChI is InChI=1S/C13H10N/c1-2-6-11-10(5-1)9-14-13-8-4-3-7-12(11)13/h1-6,8-9H,7H2. The second-order valence-electron chi connectivity index (χ2n) is 3.51. The number of benzene rings is 1. The summed E-state index contributed by atoms with van der Waals surface area (Å²) in [6, 6.07) is 8.42. The maximum absolute atomic E-state index is 4.44. The lowest BCUT2D eigenvalue weighted by Gasteiger charge is -2.15. The molecule has 1 heterocycles. The minimum Gasteiger partial charge on any atom is -0.256 e. The molecule has 0 spiro atoms. The van der Waals surface area contributed by atoms with Crippen LogP contribution in [0.4, 0.5) is 0 Å². The van der Waals surface area contributed by atoms with Gasteiger partial charge in [0.15, 0.2) is 0 Å². The number of nitrogens with zero attached hydrogens (tertiary/aromatic N) is 1. The lowest BCUT2D eigenvalue weighted by molar-refractivity contribution is 1.09. The Bertz CT molecular complexity index is 547. The van der Waals surface area contributed by atoms with Crippen LogP contribution in [0.5, 0.6) is 0 Å². The minimum atomic E-state index is 1.00. The fraction of sp³-hybridized carbons (Fsp3) is 0.0769. The Morgan fingerprint density at radius 2 is 2.07 bits per heavy atom. The smallest absolute Gasteiger partial charge is 0.0671 e. The van der Waals surface area contributed by atoms with E-state index in [1.807, 2.05) is 6.20 Å². The summed E-state index contributed by atoms with van der Waals surface area (Å²) in [5.74, 6) is 0. The summed E-state index contributed by atoms with van der Waals surface area (Å²) in [5.41, 5.74) is 2.47. The van der Waals surface area contributed by atoms with E-state index in [0.29, 0.717) is 0 Å². The molecule has 0 unspecified atom stereocenters. The van der Waals surface area contributed by atoms with Crippen LogP contribution in [0, 0.1) is 0 Å². The molecule has 1 aromatic rings. The van der Waals surface area contributed by atoms with Crippen LogP contribution in [0.25, 0.3) is 11.8 Å². The highest BCUT2D eigenvalue weighted by molar-refractivity contribution is 5.70. The van der Waals surface area contributed by atoms with E-state index in [0.717, 1.165) is 12.1 Å². The Morgan fingerprint density at radius 1 is 1.14 bits per heavy atom. The lowest BCUT2D eigenvalue weighted by Crippen LogP contribution is -2.33. The summed E-state index contributed by atoms with van der Waals surface area (Å²) in [6.45, 7) is 0. The van der Waals surface area contributed by atoms with Gasteiger partial charge in [-0.15, -0.1) is 0 Å². The van der Waals surface area contributed by atoms with Gasteiger partial charge in [0, 0.05) is 11.4 Å². The first-order valence-corrected chi connectivity index (χ1v) is 4.81. The topological polar surface area (TPSA) is 14.1 Å². The summed E-state index contributed by atoms with van der Waals surface area (Å²) < 4.78 is 0. The summed E-state index contributed by atoms with van der Waals surface area (Å²) in [6.07, 6.45) is 9.27. The van der Waals surface area contributed by atoms with E-state index in [2.05, 4.69) is 47.8 Å². The van der Waals surface area contributed by atoms with E-state index < -0.39 is 0 Å². The highest BCUT2D eigenvalue weighted by Gasteiger charge is 2.11. The van der Waals surface area contributed by atoms with Gasteiger partial charge in [0.05, 0.1) is 5.70 Å². The zero-order valence-corrected chi connectivity index (χ0v) is 7.77. The zero-order chi connectivity index (χ0) is 9.38. The number of hydrogen-bond donors (Lipinski definition) is 0. The van der Waals surface area contributed by atoms with Gasteiger partial charge in [-0.25, -0.2) is 0 Å². The van der Waals surface area contributed by atoms with Crippen molar-refractivity contribution in [1.82, 2.24) is 5.32 Å². The Labute approximate surface area is 82.8 Å². The van der Waals surface area contributed by atoms with Crippen LogP contribution >= 0.6 is 0 Å². The van der Waals surface area contributed by atoms with E-state index in [1.165, 1.54) is 16.0 Å². The highest BCUT2D eigenvalue weighted by atomic mass is 14.9. The summed E-state index contributed by atoms with van der Waals surface area (Å²) in [5, 5.41) is 7.00. The first-order valence-electron chi connectivity index (χ1n) is 4.81. The van der Waals surface area contributed by atoms with Gasteiger partial charge in [-0.1, -0.05) is 36.4 Å².